The van der Waals surface area contributed by atoms with Crippen molar-refractivity contribution < 1.29 is 19.4 Å². The zero-order valence-electron chi connectivity index (χ0n) is 15.6. The molecule has 0 fully saturated rings. The predicted octanol–water partition coefficient (Wildman–Crippen LogP) is 3.68. The standard InChI is InChI=1S/C20H26N2O4/c1-14(2)12-20(9-8-18(23)26-3)17-7-6-15(13-21)11-16(17)5-4-10-22(20)19(24)25/h6-7,11,14H,4-5,8-10,12H2,1-3H3,(H,24,25). The summed E-state index contributed by atoms with van der Waals surface area (Å²) in [7, 11) is 1.34. The van der Waals surface area contributed by atoms with E-state index < -0.39 is 11.6 Å². The van der Waals surface area contributed by atoms with Crippen LogP contribution in [-0.4, -0.2) is 35.7 Å². The molecule has 2 rings (SSSR count). The Kier molecular flexibility index (Phi) is 6.25. The van der Waals surface area contributed by atoms with Crippen LogP contribution in [0.3, 0.4) is 0 Å². The fraction of sp³-hybridized carbons (Fsp3) is 0.550. The van der Waals surface area contributed by atoms with E-state index in [1.165, 1.54) is 12.0 Å². The van der Waals surface area contributed by atoms with Crippen molar-refractivity contribution in [3.05, 3.63) is 34.9 Å². The lowest BCUT2D eigenvalue weighted by molar-refractivity contribution is -0.141. The molecule has 6 heteroatoms. The first kappa shape index (κ1) is 19.8. The molecule has 6 nitrogen and oxygen atoms in total. The summed E-state index contributed by atoms with van der Waals surface area (Å²) in [6.45, 7) is 4.50. The maximum absolute atomic E-state index is 12.1. The monoisotopic (exact) mass is 358 g/mol. The number of esters is 1. The van der Waals surface area contributed by atoms with Gasteiger partial charge in [0.05, 0.1) is 24.3 Å². The highest BCUT2D eigenvalue weighted by molar-refractivity contribution is 5.70. The van der Waals surface area contributed by atoms with Crippen molar-refractivity contribution in [2.24, 2.45) is 5.92 Å². The molecule has 0 spiro atoms. The van der Waals surface area contributed by atoms with E-state index >= 15 is 0 Å². The molecule has 0 saturated carbocycles. The number of carbonyl (C=O) groups excluding carboxylic acids is 1. The van der Waals surface area contributed by atoms with Gasteiger partial charge in [-0.25, -0.2) is 4.79 Å². The van der Waals surface area contributed by atoms with E-state index in [-0.39, 0.29) is 18.3 Å². The molecule has 26 heavy (non-hydrogen) atoms. The van der Waals surface area contributed by atoms with Gasteiger partial charge in [-0.2, -0.15) is 5.26 Å². The Morgan fingerprint density at radius 3 is 2.73 bits per heavy atom. The van der Waals surface area contributed by atoms with Crippen LogP contribution in [0.2, 0.25) is 0 Å². The number of hydrogen-bond acceptors (Lipinski definition) is 4. The first-order chi connectivity index (χ1) is 12.3. The van der Waals surface area contributed by atoms with Crippen LogP contribution in [0, 0.1) is 17.2 Å². The average Bonchev–Trinajstić information content (AvgIpc) is 2.76. The van der Waals surface area contributed by atoms with Gasteiger partial charge in [-0.15, -0.1) is 0 Å². The first-order valence-corrected chi connectivity index (χ1v) is 8.95. The zero-order valence-corrected chi connectivity index (χ0v) is 15.6. The molecule has 1 amide bonds. The van der Waals surface area contributed by atoms with Crippen LogP contribution in [0.4, 0.5) is 4.79 Å². The Bertz CT molecular complexity index is 723. The van der Waals surface area contributed by atoms with Gasteiger partial charge in [0.2, 0.25) is 0 Å². The molecule has 0 aromatic heterocycles. The Hall–Kier alpha value is -2.55. The molecule has 0 bridgehead atoms. The summed E-state index contributed by atoms with van der Waals surface area (Å²) in [4.78, 5) is 25.4. The number of methoxy groups -OCH3 is 1. The minimum Gasteiger partial charge on any atom is -0.469 e. The molecule has 1 aromatic carbocycles. The van der Waals surface area contributed by atoms with Gasteiger partial charge < -0.3 is 9.84 Å². The number of hydrogen-bond donors (Lipinski definition) is 1. The second-order valence-electron chi connectivity index (χ2n) is 7.23. The highest BCUT2D eigenvalue weighted by atomic mass is 16.5. The van der Waals surface area contributed by atoms with E-state index in [0.29, 0.717) is 37.8 Å². The normalized spacial score (nSPS) is 19.4. The lowest BCUT2D eigenvalue weighted by Gasteiger charge is -2.44. The summed E-state index contributed by atoms with van der Waals surface area (Å²) in [5, 5.41) is 19.1. The van der Waals surface area contributed by atoms with Crippen LogP contribution in [0.1, 0.15) is 56.2 Å². The average molecular weight is 358 g/mol. The van der Waals surface area contributed by atoms with Gasteiger partial charge in [0.15, 0.2) is 0 Å². The Morgan fingerprint density at radius 1 is 1.42 bits per heavy atom. The zero-order chi connectivity index (χ0) is 19.3. The molecule has 0 saturated heterocycles. The number of benzene rings is 1. The topological polar surface area (TPSA) is 90.6 Å². The summed E-state index contributed by atoms with van der Waals surface area (Å²) >= 11 is 0. The van der Waals surface area contributed by atoms with E-state index in [4.69, 9.17) is 4.74 Å². The van der Waals surface area contributed by atoms with Crippen molar-refractivity contribution in [3.8, 4) is 6.07 Å². The third kappa shape index (κ3) is 3.98. The Balaban J connectivity index is 2.64. The molecule has 1 unspecified atom stereocenters. The highest BCUT2D eigenvalue weighted by Crippen LogP contribution is 2.43. The van der Waals surface area contributed by atoms with Crippen molar-refractivity contribution in [2.75, 3.05) is 13.7 Å². The summed E-state index contributed by atoms with van der Waals surface area (Å²) in [6, 6.07) is 7.61. The molecule has 1 heterocycles. The lowest BCUT2D eigenvalue weighted by atomic mass is 9.75. The Morgan fingerprint density at radius 2 is 2.15 bits per heavy atom. The number of nitrogens with zero attached hydrogens (tertiary/aromatic N) is 2. The van der Waals surface area contributed by atoms with E-state index in [0.717, 1.165) is 11.1 Å². The lowest BCUT2D eigenvalue weighted by Crippen LogP contribution is -2.50. The van der Waals surface area contributed by atoms with Gasteiger partial charge in [-0.3, -0.25) is 9.69 Å². The number of rotatable bonds is 5. The van der Waals surface area contributed by atoms with Crippen LogP contribution in [0.15, 0.2) is 18.2 Å². The van der Waals surface area contributed by atoms with Gasteiger partial charge in [0.1, 0.15) is 0 Å². The first-order valence-electron chi connectivity index (χ1n) is 8.95. The van der Waals surface area contributed by atoms with Crippen LogP contribution in [0.25, 0.3) is 0 Å². The third-order valence-electron chi connectivity index (χ3n) is 5.03. The summed E-state index contributed by atoms with van der Waals surface area (Å²) in [5.41, 5.74) is 1.68. The maximum atomic E-state index is 12.1. The number of ether oxygens (including phenoxy) is 1. The third-order valence-corrected chi connectivity index (χ3v) is 5.03. The number of nitriles is 1. The molecule has 1 aliphatic rings. The Labute approximate surface area is 154 Å². The molecule has 0 radical (unpaired) electrons. The summed E-state index contributed by atoms with van der Waals surface area (Å²) in [6.07, 6.45) is 1.54. The van der Waals surface area contributed by atoms with E-state index in [2.05, 4.69) is 6.07 Å². The molecule has 140 valence electrons. The van der Waals surface area contributed by atoms with Gasteiger partial charge in [0.25, 0.3) is 0 Å². The SMILES string of the molecule is COC(=O)CCC1(CC(C)C)c2ccc(C#N)cc2CCCN1C(=O)O. The minimum absolute atomic E-state index is 0.145. The van der Waals surface area contributed by atoms with Gasteiger partial charge in [-0.05, 0) is 54.9 Å². The minimum atomic E-state index is -0.979. The van der Waals surface area contributed by atoms with Crippen LogP contribution >= 0.6 is 0 Å². The fourth-order valence-electron chi connectivity index (χ4n) is 4.07. The molecule has 1 aromatic rings. The van der Waals surface area contributed by atoms with Crippen LogP contribution < -0.4 is 0 Å². The van der Waals surface area contributed by atoms with Crippen LogP contribution in [-0.2, 0) is 21.5 Å². The molecular formula is C20H26N2O4. The molecule has 1 N–H and O–H groups in total. The van der Waals surface area contributed by atoms with Crippen molar-refractivity contribution in [2.45, 2.75) is 51.5 Å². The number of aryl methyl sites for hydroxylation is 1. The molecule has 1 atom stereocenters. The van der Waals surface area contributed by atoms with Crippen molar-refractivity contribution in [1.29, 1.82) is 5.26 Å². The number of carboxylic acid groups (broad SMARTS) is 1. The molecule has 1 aliphatic heterocycles. The van der Waals surface area contributed by atoms with E-state index in [1.807, 2.05) is 26.0 Å². The van der Waals surface area contributed by atoms with Crippen molar-refractivity contribution in [3.63, 3.8) is 0 Å². The van der Waals surface area contributed by atoms with E-state index in [1.54, 1.807) is 6.07 Å². The van der Waals surface area contributed by atoms with Gasteiger partial charge in [-0.1, -0.05) is 19.9 Å². The fourth-order valence-corrected chi connectivity index (χ4v) is 4.07. The number of fused-ring (bicyclic) bond motifs is 1. The van der Waals surface area contributed by atoms with Crippen molar-refractivity contribution in [1.82, 2.24) is 4.90 Å². The van der Waals surface area contributed by atoms with Crippen molar-refractivity contribution >= 4 is 12.1 Å². The van der Waals surface area contributed by atoms with Gasteiger partial charge >= 0.3 is 12.1 Å². The smallest absolute Gasteiger partial charge is 0.408 e. The maximum Gasteiger partial charge on any atom is 0.408 e. The second kappa shape index (κ2) is 8.22. The molecule has 0 aliphatic carbocycles. The number of carbonyl (C=O) groups is 2. The van der Waals surface area contributed by atoms with Crippen LogP contribution in [0.5, 0.6) is 0 Å². The van der Waals surface area contributed by atoms with E-state index in [9.17, 15) is 20.0 Å². The van der Waals surface area contributed by atoms with Gasteiger partial charge in [0, 0.05) is 13.0 Å². The largest absolute Gasteiger partial charge is 0.469 e. The second-order valence-corrected chi connectivity index (χ2v) is 7.23. The predicted molar refractivity (Wildman–Crippen MR) is 96.6 cm³/mol. The summed E-state index contributed by atoms with van der Waals surface area (Å²) < 4.78 is 4.79. The summed E-state index contributed by atoms with van der Waals surface area (Å²) in [5.74, 6) is -0.117. The number of amides is 1. The quantitative estimate of drug-likeness (QED) is 0.811. The molecular weight excluding hydrogens is 332 g/mol. The highest BCUT2D eigenvalue weighted by Gasteiger charge is 2.44.